The number of hydrogen-bond acceptors (Lipinski definition) is 8. The van der Waals surface area contributed by atoms with Crippen LogP contribution in [-0.2, 0) is 35.2 Å². The zero-order valence-electron chi connectivity index (χ0n) is 22.4. The summed E-state index contributed by atoms with van der Waals surface area (Å²) in [6.07, 6.45) is 1.62. The molecule has 12 N–H and O–H groups in total. The van der Waals surface area contributed by atoms with Crippen LogP contribution in [0.15, 0.2) is 30.5 Å². The van der Waals surface area contributed by atoms with Gasteiger partial charge in [-0.25, -0.2) is 4.79 Å². The Balaban J connectivity index is 2.27. The molecule has 1 aromatic heterocycles. The van der Waals surface area contributed by atoms with Crippen molar-refractivity contribution in [3.05, 3.63) is 36.0 Å². The summed E-state index contributed by atoms with van der Waals surface area (Å²) in [7, 11) is 0. The standard InChI is InChI=1S/C26H37N7O8/c27-10-4-3-6-16(28)23(37)32-19(11-14-13-30-17-7-2-1-5-15(14)17)24(38)33-20(12-22(35)36)25(39)31-18(26(40)41)8-9-21(29)34/h1-2,5,7,13,16,18-20,30H,3-4,6,8-12,27-28H2,(H2,29,34)(H,31,39)(H,32,37)(H,33,38)(H,35,36)(H,40,41). The number of aromatic amines is 1. The maximum atomic E-state index is 13.4. The molecule has 0 spiro atoms. The van der Waals surface area contributed by atoms with E-state index in [4.69, 9.17) is 17.2 Å². The average molecular weight is 576 g/mol. The lowest BCUT2D eigenvalue weighted by Gasteiger charge is -2.24. The Morgan fingerprint density at radius 3 is 2.12 bits per heavy atom. The molecule has 2 rings (SSSR count). The summed E-state index contributed by atoms with van der Waals surface area (Å²) in [6.45, 7) is 0.429. The zero-order valence-corrected chi connectivity index (χ0v) is 22.4. The summed E-state index contributed by atoms with van der Waals surface area (Å²) in [5, 5.41) is 26.6. The number of rotatable bonds is 18. The van der Waals surface area contributed by atoms with Crippen molar-refractivity contribution in [1.29, 1.82) is 0 Å². The van der Waals surface area contributed by atoms with Crippen LogP contribution in [-0.4, -0.2) is 81.5 Å². The van der Waals surface area contributed by atoms with E-state index in [1.54, 1.807) is 12.3 Å². The first-order valence-corrected chi connectivity index (χ1v) is 13.1. The van der Waals surface area contributed by atoms with Crippen molar-refractivity contribution >= 4 is 46.5 Å². The first-order valence-electron chi connectivity index (χ1n) is 13.1. The Morgan fingerprint density at radius 1 is 0.854 bits per heavy atom. The molecule has 1 heterocycles. The molecule has 15 nitrogen and oxygen atoms in total. The van der Waals surface area contributed by atoms with Gasteiger partial charge in [-0.15, -0.1) is 0 Å². The van der Waals surface area contributed by atoms with Crippen LogP contribution in [0.3, 0.4) is 0 Å². The number of carbonyl (C=O) groups is 6. The van der Waals surface area contributed by atoms with Crippen molar-refractivity contribution in [2.75, 3.05) is 6.54 Å². The molecule has 0 fully saturated rings. The number of hydrogen-bond donors (Lipinski definition) is 9. The summed E-state index contributed by atoms with van der Waals surface area (Å²) in [4.78, 5) is 76.3. The van der Waals surface area contributed by atoms with Crippen LogP contribution in [0.2, 0.25) is 0 Å². The second-order valence-corrected chi connectivity index (χ2v) is 9.58. The number of aromatic nitrogens is 1. The third-order valence-electron chi connectivity index (χ3n) is 6.34. The van der Waals surface area contributed by atoms with Gasteiger partial charge in [0.05, 0.1) is 12.5 Å². The molecule has 0 aliphatic heterocycles. The lowest BCUT2D eigenvalue weighted by atomic mass is 10.0. The van der Waals surface area contributed by atoms with Crippen LogP contribution >= 0.6 is 0 Å². The molecule has 1 aromatic carbocycles. The van der Waals surface area contributed by atoms with Gasteiger partial charge < -0.3 is 48.3 Å². The molecule has 224 valence electrons. The number of fused-ring (bicyclic) bond motifs is 1. The quantitative estimate of drug-likeness (QED) is 0.0922. The van der Waals surface area contributed by atoms with Gasteiger partial charge in [0.2, 0.25) is 23.6 Å². The molecule has 0 aliphatic carbocycles. The van der Waals surface area contributed by atoms with E-state index >= 15 is 0 Å². The van der Waals surface area contributed by atoms with Gasteiger partial charge in [-0.3, -0.25) is 24.0 Å². The minimum Gasteiger partial charge on any atom is -0.481 e. The molecule has 4 unspecified atom stereocenters. The van der Waals surface area contributed by atoms with Gasteiger partial charge in [0, 0.05) is 29.9 Å². The van der Waals surface area contributed by atoms with Crippen molar-refractivity contribution in [2.24, 2.45) is 17.2 Å². The fraction of sp³-hybridized carbons (Fsp3) is 0.462. The van der Waals surface area contributed by atoms with Crippen molar-refractivity contribution < 1.29 is 39.0 Å². The predicted octanol–water partition coefficient (Wildman–Crippen LogP) is -1.55. The third kappa shape index (κ3) is 10.5. The predicted molar refractivity (Wildman–Crippen MR) is 147 cm³/mol. The highest BCUT2D eigenvalue weighted by Crippen LogP contribution is 2.19. The van der Waals surface area contributed by atoms with Gasteiger partial charge in [0.15, 0.2) is 0 Å². The molecule has 0 saturated carbocycles. The molecule has 4 atom stereocenters. The molecule has 2 aromatic rings. The van der Waals surface area contributed by atoms with Gasteiger partial charge in [0.25, 0.3) is 0 Å². The lowest BCUT2D eigenvalue weighted by Crippen LogP contribution is -2.58. The molecule has 0 radical (unpaired) electrons. The number of aliphatic carboxylic acids is 2. The Bertz CT molecular complexity index is 1250. The fourth-order valence-electron chi connectivity index (χ4n) is 4.12. The smallest absolute Gasteiger partial charge is 0.326 e. The molecule has 4 amide bonds. The van der Waals surface area contributed by atoms with E-state index in [-0.39, 0.29) is 19.3 Å². The van der Waals surface area contributed by atoms with Crippen LogP contribution in [0, 0.1) is 0 Å². The number of para-hydroxylation sites is 1. The summed E-state index contributed by atoms with van der Waals surface area (Å²) in [5.41, 5.74) is 18.0. The normalized spacial score (nSPS) is 13.9. The number of benzene rings is 1. The van der Waals surface area contributed by atoms with Gasteiger partial charge >= 0.3 is 11.9 Å². The highest BCUT2D eigenvalue weighted by Gasteiger charge is 2.32. The highest BCUT2D eigenvalue weighted by atomic mass is 16.4. The number of amides is 4. The molecule has 0 bridgehead atoms. The van der Waals surface area contributed by atoms with E-state index in [0.29, 0.717) is 31.4 Å². The molecular formula is C26H37N7O8. The minimum absolute atomic E-state index is 0.0329. The monoisotopic (exact) mass is 575 g/mol. The topological polar surface area (TPSA) is 273 Å². The summed E-state index contributed by atoms with van der Waals surface area (Å²) in [5.74, 6) is -6.34. The second kappa shape index (κ2) is 15.9. The van der Waals surface area contributed by atoms with E-state index in [9.17, 15) is 39.0 Å². The maximum Gasteiger partial charge on any atom is 0.326 e. The molecule has 15 heteroatoms. The van der Waals surface area contributed by atoms with Crippen LogP contribution in [0.4, 0.5) is 0 Å². The van der Waals surface area contributed by atoms with Crippen LogP contribution < -0.4 is 33.2 Å². The van der Waals surface area contributed by atoms with E-state index in [2.05, 4.69) is 20.9 Å². The van der Waals surface area contributed by atoms with E-state index in [0.717, 1.165) is 10.9 Å². The average Bonchev–Trinajstić information content (AvgIpc) is 3.32. The number of carbonyl (C=O) groups excluding carboxylic acids is 4. The number of unbranched alkanes of at least 4 members (excludes halogenated alkanes) is 1. The van der Waals surface area contributed by atoms with Crippen molar-refractivity contribution in [3.63, 3.8) is 0 Å². The van der Waals surface area contributed by atoms with E-state index in [1.807, 2.05) is 18.2 Å². The largest absolute Gasteiger partial charge is 0.481 e. The van der Waals surface area contributed by atoms with Crippen LogP contribution in [0.1, 0.15) is 44.1 Å². The van der Waals surface area contributed by atoms with Gasteiger partial charge in [0.1, 0.15) is 18.1 Å². The first-order chi connectivity index (χ1) is 19.4. The Hall–Kier alpha value is -4.50. The molecule has 0 aliphatic rings. The summed E-state index contributed by atoms with van der Waals surface area (Å²) < 4.78 is 0. The zero-order chi connectivity index (χ0) is 30.5. The van der Waals surface area contributed by atoms with E-state index < -0.39 is 66.2 Å². The number of primary amides is 1. The summed E-state index contributed by atoms with van der Waals surface area (Å²) in [6, 6.07) is 1.78. The second-order valence-electron chi connectivity index (χ2n) is 9.58. The van der Waals surface area contributed by atoms with Crippen molar-refractivity contribution in [1.82, 2.24) is 20.9 Å². The Morgan fingerprint density at radius 2 is 1.49 bits per heavy atom. The van der Waals surface area contributed by atoms with E-state index in [1.165, 1.54) is 0 Å². The first kappa shape index (κ1) is 32.7. The number of nitrogens with one attached hydrogen (secondary N) is 4. The van der Waals surface area contributed by atoms with Crippen LogP contribution in [0.5, 0.6) is 0 Å². The fourth-order valence-corrected chi connectivity index (χ4v) is 4.12. The lowest BCUT2D eigenvalue weighted by molar-refractivity contribution is -0.143. The summed E-state index contributed by atoms with van der Waals surface area (Å²) >= 11 is 0. The third-order valence-corrected chi connectivity index (χ3v) is 6.34. The number of nitrogens with two attached hydrogens (primary N) is 3. The van der Waals surface area contributed by atoms with Crippen LogP contribution in [0.25, 0.3) is 10.9 Å². The van der Waals surface area contributed by atoms with Gasteiger partial charge in [-0.05, 0) is 37.4 Å². The Kier molecular flexibility index (Phi) is 12.7. The van der Waals surface area contributed by atoms with Crippen molar-refractivity contribution in [3.8, 4) is 0 Å². The number of carboxylic acids is 2. The highest BCUT2D eigenvalue weighted by molar-refractivity contribution is 5.96. The number of carboxylic acid groups (broad SMARTS) is 2. The van der Waals surface area contributed by atoms with Crippen molar-refractivity contribution in [2.45, 2.75) is 69.1 Å². The Labute approximate surface area is 235 Å². The van der Waals surface area contributed by atoms with Gasteiger partial charge in [-0.1, -0.05) is 24.6 Å². The molecular weight excluding hydrogens is 538 g/mol. The SMILES string of the molecule is NCCCCC(N)C(=O)NC(Cc1c[nH]c2ccccc12)C(=O)NC(CC(=O)O)C(=O)NC(CCC(N)=O)C(=O)O. The minimum atomic E-state index is -1.70. The molecule has 0 saturated heterocycles. The number of H-pyrrole nitrogens is 1. The molecule has 41 heavy (non-hydrogen) atoms. The maximum absolute atomic E-state index is 13.4. The van der Waals surface area contributed by atoms with Gasteiger partial charge in [-0.2, -0.15) is 0 Å².